The van der Waals surface area contributed by atoms with E-state index in [1.54, 1.807) is 14.1 Å². The molecule has 0 radical (unpaired) electrons. The van der Waals surface area contributed by atoms with Crippen LogP contribution in [0.25, 0.3) is 21.8 Å². The van der Waals surface area contributed by atoms with E-state index in [0.29, 0.717) is 0 Å². The van der Waals surface area contributed by atoms with Gasteiger partial charge in [-0.25, -0.2) is 0 Å². The van der Waals surface area contributed by atoms with E-state index in [9.17, 15) is 9.59 Å². The molecule has 0 saturated heterocycles. The van der Waals surface area contributed by atoms with Crippen LogP contribution in [0.3, 0.4) is 0 Å². The van der Waals surface area contributed by atoms with Crippen LogP contribution in [0.15, 0.2) is 48.5 Å². The molecule has 30 heavy (non-hydrogen) atoms. The third kappa shape index (κ3) is 3.26. The second kappa shape index (κ2) is 8.32. The molecular weight excluding hydrogens is 510 g/mol. The van der Waals surface area contributed by atoms with Crippen LogP contribution >= 0.6 is 0 Å². The van der Waals surface area contributed by atoms with Crippen LogP contribution in [0.5, 0.6) is 0 Å². The summed E-state index contributed by atoms with van der Waals surface area (Å²) in [5.74, 6) is -0.133. The van der Waals surface area contributed by atoms with Gasteiger partial charge in [0.25, 0.3) is 0 Å². The molecule has 2 aromatic carbocycles. The van der Waals surface area contributed by atoms with Crippen molar-refractivity contribution in [1.29, 1.82) is 0 Å². The van der Waals surface area contributed by atoms with Crippen molar-refractivity contribution in [3.63, 3.8) is 0 Å². The van der Waals surface area contributed by atoms with Gasteiger partial charge in [0.05, 0.1) is 0 Å². The van der Waals surface area contributed by atoms with E-state index in [1.165, 1.54) is 0 Å². The Labute approximate surface area is 185 Å². The van der Waals surface area contributed by atoms with Crippen molar-refractivity contribution in [2.24, 2.45) is 14.1 Å². The number of carbonyl (C=O) groups excluding carboxylic acids is 2. The molecule has 4 rings (SSSR count). The topological polar surface area (TPSA) is 68.1 Å². The Hall–Kier alpha value is -2.50. The Kier molecular flexibility index (Phi) is 5.76. The van der Waals surface area contributed by atoms with E-state index in [1.807, 2.05) is 62.6 Å². The van der Waals surface area contributed by atoms with Crippen LogP contribution in [-0.2, 0) is 14.1 Å². The summed E-state index contributed by atoms with van der Waals surface area (Å²) in [6.45, 7) is 0. The number of benzene rings is 2. The summed E-state index contributed by atoms with van der Waals surface area (Å²) < 4.78 is 6.36. The molecule has 0 saturated carbocycles. The first-order valence-electron chi connectivity index (χ1n) is 9.43. The number of nitrogens with zero attached hydrogens (tertiary/aromatic N) is 2. The number of carbonyl (C=O) groups is 2. The zero-order valence-electron chi connectivity index (χ0n) is 17.1. The molecule has 0 unspecified atom stereocenters. The number of hydrogen-bond donors (Lipinski definition) is 2. The molecule has 0 aliphatic carbocycles. The molecule has 2 heterocycles. The molecule has 0 atom stereocenters. The fourth-order valence-corrected chi connectivity index (χ4v) is 12.1. The molecule has 0 spiro atoms. The van der Waals surface area contributed by atoms with E-state index in [2.05, 4.69) is 19.8 Å². The van der Waals surface area contributed by atoms with Crippen molar-refractivity contribution in [2.45, 2.75) is 0 Å². The molecule has 0 bridgehead atoms. The SMILES string of the molecule is CNC(=O)c1c([Se][Se]c2c(C(=O)NC)c3ccccc3n2C)n(C)c2ccccc12. The monoisotopic (exact) mass is 534 g/mol. The molecule has 0 aliphatic heterocycles. The zero-order valence-corrected chi connectivity index (χ0v) is 20.6. The number of fused-ring (bicyclic) bond motifs is 2. The zero-order chi connectivity index (χ0) is 21.4. The van der Waals surface area contributed by atoms with Gasteiger partial charge in [-0.2, -0.15) is 0 Å². The first kappa shape index (κ1) is 20.8. The second-order valence-corrected chi connectivity index (χ2v) is 12.8. The average molecular weight is 532 g/mol. The van der Waals surface area contributed by atoms with Gasteiger partial charge in [0.2, 0.25) is 0 Å². The van der Waals surface area contributed by atoms with E-state index in [-0.39, 0.29) is 38.1 Å². The number of amides is 2. The predicted octanol–water partition coefficient (Wildman–Crippen LogP) is 0.663. The molecule has 8 heteroatoms. The van der Waals surface area contributed by atoms with Gasteiger partial charge in [0.1, 0.15) is 0 Å². The van der Waals surface area contributed by atoms with Gasteiger partial charge in [-0.15, -0.1) is 0 Å². The Morgan fingerprint density at radius 2 is 1.07 bits per heavy atom. The van der Waals surface area contributed by atoms with Crippen molar-refractivity contribution in [2.75, 3.05) is 14.1 Å². The van der Waals surface area contributed by atoms with E-state index in [0.717, 1.165) is 42.1 Å². The summed E-state index contributed by atoms with van der Waals surface area (Å²) >= 11 is 0.0149. The Morgan fingerprint density at radius 1 is 0.700 bits per heavy atom. The van der Waals surface area contributed by atoms with Crippen LogP contribution in [0.2, 0.25) is 0 Å². The summed E-state index contributed by atoms with van der Waals surface area (Å²) in [4.78, 5) is 25.5. The van der Waals surface area contributed by atoms with Crippen molar-refractivity contribution in [3.8, 4) is 0 Å². The van der Waals surface area contributed by atoms with Gasteiger partial charge in [0.15, 0.2) is 0 Å². The number of aromatic nitrogens is 2. The first-order chi connectivity index (χ1) is 14.5. The summed E-state index contributed by atoms with van der Waals surface area (Å²) in [5.41, 5.74) is 3.59. The minimum absolute atomic E-state index is 0.00746. The molecule has 2 aromatic heterocycles. The van der Waals surface area contributed by atoms with Gasteiger partial charge < -0.3 is 0 Å². The summed E-state index contributed by atoms with van der Waals surface area (Å²) in [7, 11) is 7.37. The molecule has 0 fully saturated rings. The Balaban J connectivity index is 1.83. The van der Waals surface area contributed by atoms with Crippen molar-refractivity contribution < 1.29 is 9.59 Å². The number of nitrogens with one attached hydrogen (secondary N) is 2. The van der Waals surface area contributed by atoms with Crippen LogP contribution in [0, 0.1) is 0 Å². The third-order valence-corrected chi connectivity index (χ3v) is 12.4. The quantitative estimate of drug-likeness (QED) is 0.371. The maximum absolute atomic E-state index is 12.7. The van der Waals surface area contributed by atoms with Crippen LogP contribution in [0.1, 0.15) is 20.7 Å². The second-order valence-electron chi connectivity index (χ2n) is 6.84. The third-order valence-electron chi connectivity index (χ3n) is 5.21. The number of hydrogen-bond acceptors (Lipinski definition) is 2. The van der Waals surface area contributed by atoms with Gasteiger partial charge in [-0.3, -0.25) is 0 Å². The molecular formula is C22H22N4O2Se2. The van der Waals surface area contributed by atoms with Crippen LogP contribution in [0.4, 0.5) is 0 Å². The maximum atomic E-state index is 12.7. The van der Waals surface area contributed by atoms with Crippen LogP contribution in [-0.4, -0.2) is 61.3 Å². The van der Waals surface area contributed by atoms with E-state index >= 15 is 0 Å². The summed E-state index contributed by atoms with van der Waals surface area (Å²) in [6, 6.07) is 16.0. The molecule has 2 N–H and O–H groups in total. The normalized spacial score (nSPS) is 11.2. The molecule has 2 amide bonds. The molecule has 154 valence electrons. The van der Waals surface area contributed by atoms with Crippen molar-refractivity contribution in [1.82, 2.24) is 19.8 Å². The molecule has 4 aromatic rings. The first-order valence-corrected chi connectivity index (χ1v) is 15.5. The van der Waals surface area contributed by atoms with Crippen molar-refractivity contribution >= 4 is 69.1 Å². The predicted molar refractivity (Wildman–Crippen MR) is 123 cm³/mol. The summed E-state index contributed by atoms with van der Waals surface area (Å²) in [6.07, 6.45) is 0. The fraction of sp³-hybridized carbons (Fsp3) is 0.182. The van der Waals surface area contributed by atoms with Crippen LogP contribution < -0.4 is 19.8 Å². The molecule has 6 nitrogen and oxygen atoms in total. The number of para-hydroxylation sites is 2. The Bertz CT molecular complexity index is 1190. The van der Waals surface area contributed by atoms with E-state index < -0.39 is 0 Å². The summed E-state index contributed by atoms with van der Waals surface area (Å²) in [5, 5.41) is 7.52. The number of aryl methyl sites for hydroxylation is 2. The van der Waals surface area contributed by atoms with E-state index in [4.69, 9.17) is 0 Å². The minimum atomic E-state index is -0.0666. The average Bonchev–Trinajstić information content (AvgIpc) is 3.22. The van der Waals surface area contributed by atoms with Gasteiger partial charge in [0, 0.05) is 0 Å². The standard InChI is InChI=1S/C22H22N4O2Se2/c1-23-19(27)17-13-9-5-7-11-15(13)25(3)21(17)29-30-22-18(20(28)24-2)14-10-6-8-12-16(14)26(22)4/h5-12H,1-4H3,(H,23,27)(H,24,28). The van der Waals surface area contributed by atoms with Gasteiger partial charge in [-0.05, 0) is 0 Å². The van der Waals surface area contributed by atoms with Gasteiger partial charge in [-0.1, -0.05) is 0 Å². The molecule has 0 aliphatic rings. The Morgan fingerprint density at radius 3 is 1.43 bits per heavy atom. The van der Waals surface area contributed by atoms with Gasteiger partial charge >= 0.3 is 186 Å². The fourth-order valence-electron chi connectivity index (χ4n) is 3.70. The number of rotatable bonds is 5. The van der Waals surface area contributed by atoms with Crippen molar-refractivity contribution in [3.05, 3.63) is 59.7 Å².